The average Bonchev–Trinajstić information content (AvgIpc) is 2.69. The molecule has 2 aliphatic heterocycles. The van der Waals surface area contributed by atoms with Crippen molar-refractivity contribution in [3.8, 4) is 0 Å². The zero-order chi connectivity index (χ0) is 13.7. The van der Waals surface area contributed by atoms with Gasteiger partial charge in [0, 0.05) is 6.42 Å². The van der Waals surface area contributed by atoms with Crippen LogP contribution in [0, 0.1) is 11.8 Å². The highest BCUT2D eigenvalue weighted by Gasteiger charge is 2.72. The number of carbonyl (C=O) groups excluding carboxylic acids is 3. The molecule has 2 rings (SSSR count). The fraction of sp³-hybridized carbons (Fsp3) is 0.750. The van der Waals surface area contributed by atoms with E-state index in [1.807, 2.05) is 0 Å². The van der Waals surface area contributed by atoms with Crippen LogP contribution >= 0.6 is 0 Å². The third-order valence-electron chi connectivity index (χ3n) is 4.01. The quantitative estimate of drug-likeness (QED) is 0.651. The van der Waals surface area contributed by atoms with E-state index in [1.54, 1.807) is 6.92 Å². The van der Waals surface area contributed by atoms with Crippen LogP contribution in [0.15, 0.2) is 0 Å². The Morgan fingerprint density at radius 3 is 2.17 bits per heavy atom. The second-order valence-electron chi connectivity index (χ2n) is 5.12. The Labute approximate surface area is 105 Å². The standard InChI is InChI=1S/C12H16O6/c1-11-5-6(13)12(2,18-11)8(10(15)17-4)7(11)9(14)16-3/h7-8H,5H2,1-4H3/t7-,8+,11-,12-/m0/s1. The zero-order valence-electron chi connectivity index (χ0n) is 10.8. The minimum atomic E-state index is -1.29. The summed E-state index contributed by atoms with van der Waals surface area (Å²) in [7, 11) is 2.47. The third kappa shape index (κ3) is 1.41. The van der Waals surface area contributed by atoms with Gasteiger partial charge >= 0.3 is 11.9 Å². The molecule has 18 heavy (non-hydrogen) atoms. The van der Waals surface area contributed by atoms with Gasteiger partial charge in [-0.05, 0) is 13.8 Å². The van der Waals surface area contributed by atoms with Gasteiger partial charge in [-0.3, -0.25) is 14.4 Å². The van der Waals surface area contributed by atoms with E-state index in [0.29, 0.717) is 0 Å². The molecular weight excluding hydrogens is 240 g/mol. The molecule has 0 radical (unpaired) electrons. The maximum Gasteiger partial charge on any atom is 0.313 e. The van der Waals surface area contributed by atoms with Crippen molar-refractivity contribution in [2.75, 3.05) is 14.2 Å². The molecule has 0 aromatic rings. The summed E-state index contributed by atoms with van der Waals surface area (Å²) in [6.45, 7) is 3.19. The second-order valence-corrected chi connectivity index (χ2v) is 5.12. The van der Waals surface area contributed by atoms with E-state index in [0.717, 1.165) is 0 Å². The normalized spacial score (nSPS) is 41.9. The van der Waals surface area contributed by atoms with Crippen LogP contribution in [0.25, 0.3) is 0 Å². The first-order valence-electron chi connectivity index (χ1n) is 5.69. The molecule has 0 aromatic heterocycles. The molecule has 2 heterocycles. The number of ketones is 1. The molecule has 0 aromatic carbocycles. The van der Waals surface area contributed by atoms with Crippen molar-refractivity contribution in [2.24, 2.45) is 11.8 Å². The van der Waals surface area contributed by atoms with Gasteiger partial charge in [0.15, 0.2) is 5.78 Å². The molecule has 2 aliphatic rings. The van der Waals surface area contributed by atoms with Crippen LogP contribution in [0.2, 0.25) is 0 Å². The Balaban J connectivity index is 2.49. The molecule has 100 valence electrons. The van der Waals surface area contributed by atoms with Crippen molar-refractivity contribution in [2.45, 2.75) is 31.5 Å². The van der Waals surface area contributed by atoms with Crippen LogP contribution in [0.4, 0.5) is 0 Å². The highest BCUT2D eigenvalue weighted by atomic mass is 16.6. The molecule has 2 saturated heterocycles. The summed E-state index contributed by atoms with van der Waals surface area (Å²) in [6.07, 6.45) is 0.108. The van der Waals surface area contributed by atoms with Gasteiger partial charge in [-0.2, -0.15) is 0 Å². The van der Waals surface area contributed by atoms with Crippen molar-refractivity contribution in [1.82, 2.24) is 0 Å². The lowest BCUT2D eigenvalue weighted by Crippen LogP contribution is -2.51. The summed E-state index contributed by atoms with van der Waals surface area (Å²) < 4.78 is 15.1. The number of ether oxygens (including phenoxy) is 3. The molecule has 6 heteroatoms. The van der Waals surface area contributed by atoms with Crippen LogP contribution in [-0.2, 0) is 28.6 Å². The number of esters is 2. The van der Waals surface area contributed by atoms with Crippen molar-refractivity contribution >= 4 is 17.7 Å². The largest absolute Gasteiger partial charge is 0.469 e. The van der Waals surface area contributed by atoms with Crippen molar-refractivity contribution in [3.05, 3.63) is 0 Å². The number of rotatable bonds is 2. The first kappa shape index (κ1) is 13.0. The van der Waals surface area contributed by atoms with Gasteiger partial charge < -0.3 is 14.2 Å². The topological polar surface area (TPSA) is 78.9 Å². The Morgan fingerprint density at radius 1 is 1.17 bits per heavy atom. The molecule has 0 N–H and O–H groups in total. The summed E-state index contributed by atoms with van der Waals surface area (Å²) in [5, 5.41) is 0. The number of methoxy groups -OCH3 is 2. The number of hydrogen-bond donors (Lipinski definition) is 0. The van der Waals surface area contributed by atoms with Crippen LogP contribution in [0.3, 0.4) is 0 Å². The van der Waals surface area contributed by atoms with E-state index >= 15 is 0 Å². The Hall–Kier alpha value is -1.43. The molecular formula is C12H16O6. The van der Waals surface area contributed by atoms with E-state index in [4.69, 9.17) is 14.2 Å². The molecule has 2 fully saturated rings. The fourth-order valence-corrected chi connectivity index (χ4v) is 3.15. The molecule has 0 aliphatic carbocycles. The molecule has 6 nitrogen and oxygen atoms in total. The van der Waals surface area contributed by atoms with Gasteiger partial charge in [-0.25, -0.2) is 0 Å². The summed E-state index contributed by atoms with van der Waals surface area (Å²) >= 11 is 0. The van der Waals surface area contributed by atoms with E-state index in [-0.39, 0.29) is 12.2 Å². The Kier molecular flexibility index (Phi) is 2.73. The van der Waals surface area contributed by atoms with Crippen LogP contribution < -0.4 is 0 Å². The van der Waals surface area contributed by atoms with E-state index in [2.05, 4.69) is 0 Å². The Bertz CT molecular complexity index is 430. The predicted molar refractivity (Wildman–Crippen MR) is 58.5 cm³/mol. The molecule has 2 bridgehead atoms. The predicted octanol–water partition coefficient (Wildman–Crippen LogP) is 0.0852. The minimum absolute atomic E-state index is 0.108. The number of fused-ring (bicyclic) bond motifs is 2. The summed E-state index contributed by atoms with van der Waals surface area (Å²) in [5.41, 5.74) is -2.28. The van der Waals surface area contributed by atoms with Gasteiger partial charge in [-0.15, -0.1) is 0 Å². The SMILES string of the molecule is COC(=O)[C@@H]1[C@H](C(=O)OC)[C@@]2(C)O[C@@]1(C)CC2=O. The van der Waals surface area contributed by atoms with Gasteiger partial charge in [-0.1, -0.05) is 0 Å². The van der Waals surface area contributed by atoms with Gasteiger partial charge in [0.05, 0.1) is 19.8 Å². The van der Waals surface area contributed by atoms with E-state index in [9.17, 15) is 14.4 Å². The molecule has 0 spiro atoms. The molecule has 0 unspecified atom stereocenters. The molecule has 4 atom stereocenters. The number of hydrogen-bond acceptors (Lipinski definition) is 6. The van der Waals surface area contributed by atoms with E-state index < -0.39 is 35.0 Å². The fourth-order valence-electron chi connectivity index (χ4n) is 3.15. The third-order valence-corrected chi connectivity index (χ3v) is 4.01. The number of Topliss-reactive ketones (excluding diaryl/α,β-unsaturated/α-hetero) is 1. The van der Waals surface area contributed by atoms with Crippen molar-refractivity contribution < 1.29 is 28.6 Å². The second kappa shape index (κ2) is 3.78. The highest BCUT2D eigenvalue weighted by molar-refractivity contribution is 6.00. The molecule has 0 amide bonds. The summed E-state index contributed by atoms with van der Waals surface area (Å²) in [6, 6.07) is 0. The van der Waals surface area contributed by atoms with Gasteiger partial charge in [0.2, 0.25) is 0 Å². The minimum Gasteiger partial charge on any atom is -0.469 e. The Morgan fingerprint density at radius 2 is 1.67 bits per heavy atom. The van der Waals surface area contributed by atoms with Gasteiger partial charge in [0.1, 0.15) is 17.4 Å². The average molecular weight is 256 g/mol. The number of carbonyl (C=O) groups is 3. The van der Waals surface area contributed by atoms with Crippen molar-refractivity contribution in [1.29, 1.82) is 0 Å². The molecule has 0 saturated carbocycles. The smallest absolute Gasteiger partial charge is 0.313 e. The summed E-state index contributed by atoms with van der Waals surface area (Å²) in [5.74, 6) is -3.10. The first-order chi connectivity index (χ1) is 8.30. The lowest BCUT2D eigenvalue weighted by Gasteiger charge is -2.31. The lowest BCUT2D eigenvalue weighted by atomic mass is 9.67. The lowest BCUT2D eigenvalue weighted by molar-refractivity contribution is -0.162. The maximum absolute atomic E-state index is 12.0. The van der Waals surface area contributed by atoms with Crippen LogP contribution in [0.5, 0.6) is 0 Å². The summed E-state index contributed by atoms with van der Waals surface area (Å²) in [4.78, 5) is 35.7. The maximum atomic E-state index is 12.0. The monoisotopic (exact) mass is 256 g/mol. The van der Waals surface area contributed by atoms with Crippen LogP contribution in [0.1, 0.15) is 20.3 Å². The van der Waals surface area contributed by atoms with Crippen molar-refractivity contribution in [3.63, 3.8) is 0 Å². The zero-order valence-corrected chi connectivity index (χ0v) is 10.8. The van der Waals surface area contributed by atoms with Gasteiger partial charge in [0.25, 0.3) is 0 Å². The van der Waals surface area contributed by atoms with E-state index in [1.165, 1.54) is 21.1 Å². The first-order valence-corrected chi connectivity index (χ1v) is 5.69. The highest BCUT2D eigenvalue weighted by Crippen LogP contribution is 2.56. The van der Waals surface area contributed by atoms with Crippen LogP contribution in [-0.4, -0.2) is 43.1 Å².